The first-order valence-electron chi connectivity index (χ1n) is 13.0. The molecule has 4 nitrogen and oxygen atoms in total. The molecule has 0 radical (unpaired) electrons. The third-order valence-corrected chi connectivity index (χ3v) is 6.16. The average Bonchev–Trinajstić information content (AvgIpc) is 2.84. The van der Waals surface area contributed by atoms with Crippen molar-refractivity contribution >= 4 is 5.97 Å². The van der Waals surface area contributed by atoms with Crippen LogP contribution >= 0.6 is 0 Å². The van der Waals surface area contributed by atoms with E-state index in [9.17, 15) is 4.79 Å². The van der Waals surface area contributed by atoms with Gasteiger partial charge in [-0.15, -0.1) is 0 Å². The molecule has 0 bridgehead atoms. The Labute approximate surface area is 201 Å². The van der Waals surface area contributed by atoms with Gasteiger partial charge in [0, 0.05) is 12.0 Å². The van der Waals surface area contributed by atoms with Gasteiger partial charge in [0.2, 0.25) is 0 Å². The highest BCUT2D eigenvalue weighted by Gasteiger charge is 2.07. The van der Waals surface area contributed by atoms with E-state index in [0.29, 0.717) is 12.2 Å². The minimum absolute atomic E-state index is 0.160. The molecular weight excluding hydrogens is 410 g/mol. The fourth-order valence-corrected chi connectivity index (χ4v) is 3.73. The number of carbonyl (C=O) groups excluding carboxylic acids is 1. The third-order valence-electron chi connectivity index (χ3n) is 6.16. The zero-order valence-corrected chi connectivity index (χ0v) is 21.0. The van der Waals surface area contributed by atoms with Gasteiger partial charge in [0.05, 0.1) is 18.5 Å². The summed E-state index contributed by atoms with van der Waals surface area (Å²) in [5, 5.41) is 0. The van der Waals surface area contributed by atoms with Crippen molar-refractivity contribution in [3.8, 4) is 22.8 Å². The summed E-state index contributed by atoms with van der Waals surface area (Å²) in [5.41, 5.74) is 1.86. The maximum Gasteiger partial charge on any atom is 0.311 e. The zero-order chi connectivity index (χ0) is 23.7. The van der Waals surface area contributed by atoms with Crippen LogP contribution in [-0.4, -0.2) is 17.6 Å². The lowest BCUT2D eigenvalue weighted by atomic mass is 10.0. The molecule has 0 spiro atoms. The predicted molar refractivity (Wildman–Crippen MR) is 137 cm³/mol. The van der Waals surface area contributed by atoms with Crippen molar-refractivity contribution in [3.63, 3.8) is 0 Å². The third kappa shape index (κ3) is 11.4. The number of hydrogen-bond donors (Lipinski definition) is 0. The Balaban J connectivity index is 1.68. The van der Waals surface area contributed by atoms with E-state index in [-0.39, 0.29) is 5.97 Å². The molecule has 33 heavy (non-hydrogen) atoms. The standard InChI is InChI=1S/C29H43NO3/c1-4-6-7-8-9-10-13-22-32-27-20-21-28(30-23-27)25-16-18-26(19-17-25)33-29(31)15-12-11-14-24(3)5-2/h16-21,23-24H,4-15,22H2,1-3H3. The summed E-state index contributed by atoms with van der Waals surface area (Å²) < 4.78 is 11.3. The summed E-state index contributed by atoms with van der Waals surface area (Å²) in [6.07, 6.45) is 15.5. The second kappa shape index (κ2) is 16.3. The van der Waals surface area contributed by atoms with Crippen molar-refractivity contribution in [1.29, 1.82) is 0 Å². The summed E-state index contributed by atoms with van der Waals surface area (Å²) in [6.45, 7) is 7.45. The fraction of sp³-hybridized carbons (Fsp3) is 0.586. The van der Waals surface area contributed by atoms with Crippen molar-refractivity contribution in [3.05, 3.63) is 42.6 Å². The van der Waals surface area contributed by atoms with Crippen LogP contribution in [0, 0.1) is 5.92 Å². The SMILES string of the molecule is CCCCCCCCCOc1ccc(-c2ccc(OC(=O)CCCCC(C)CC)cc2)nc1. The molecule has 4 heteroatoms. The van der Waals surface area contributed by atoms with E-state index in [4.69, 9.17) is 9.47 Å². The topological polar surface area (TPSA) is 48.4 Å². The van der Waals surface area contributed by atoms with Gasteiger partial charge in [-0.1, -0.05) is 78.6 Å². The number of ether oxygens (including phenoxy) is 2. The Morgan fingerprint density at radius 1 is 0.848 bits per heavy atom. The molecule has 1 atom stereocenters. The van der Waals surface area contributed by atoms with E-state index in [1.54, 1.807) is 6.20 Å². The Morgan fingerprint density at radius 3 is 2.21 bits per heavy atom. The van der Waals surface area contributed by atoms with E-state index in [1.165, 1.54) is 51.4 Å². The van der Waals surface area contributed by atoms with E-state index in [1.807, 2.05) is 36.4 Å². The quantitative estimate of drug-likeness (QED) is 0.137. The molecule has 2 aromatic rings. The van der Waals surface area contributed by atoms with Gasteiger partial charge in [-0.25, -0.2) is 0 Å². The molecule has 0 aliphatic carbocycles. The van der Waals surface area contributed by atoms with Crippen LogP contribution in [0.1, 0.15) is 97.8 Å². The number of benzene rings is 1. The van der Waals surface area contributed by atoms with Crippen LogP contribution in [0.3, 0.4) is 0 Å². The van der Waals surface area contributed by atoms with Crippen LogP contribution in [0.25, 0.3) is 11.3 Å². The molecule has 1 aromatic carbocycles. The smallest absolute Gasteiger partial charge is 0.311 e. The largest absolute Gasteiger partial charge is 0.492 e. The normalized spacial score (nSPS) is 11.8. The molecule has 0 fully saturated rings. The maximum atomic E-state index is 12.1. The molecule has 0 aliphatic heterocycles. The average molecular weight is 454 g/mol. The van der Waals surface area contributed by atoms with Gasteiger partial charge in [-0.2, -0.15) is 0 Å². The summed E-state index contributed by atoms with van der Waals surface area (Å²) >= 11 is 0. The van der Waals surface area contributed by atoms with Gasteiger partial charge in [0.15, 0.2) is 0 Å². The first kappa shape index (κ1) is 26.9. The second-order valence-corrected chi connectivity index (χ2v) is 9.11. The lowest BCUT2D eigenvalue weighted by molar-refractivity contribution is -0.134. The van der Waals surface area contributed by atoms with Crippen LogP contribution < -0.4 is 9.47 Å². The van der Waals surface area contributed by atoms with Crippen LogP contribution in [0.5, 0.6) is 11.5 Å². The number of carbonyl (C=O) groups is 1. The fourth-order valence-electron chi connectivity index (χ4n) is 3.73. The molecule has 1 aromatic heterocycles. The van der Waals surface area contributed by atoms with E-state index < -0.39 is 0 Å². The number of unbranched alkanes of at least 4 members (excludes halogenated alkanes) is 7. The van der Waals surface area contributed by atoms with Gasteiger partial charge in [-0.3, -0.25) is 9.78 Å². The van der Waals surface area contributed by atoms with E-state index >= 15 is 0 Å². The van der Waals surface area contributed by atoms with Gasteiger partial charge < -0.3 is 9.47 Å². The molecular formula is C29H43NO3. The lowest BCUT2D eigenvalue weighted by Crippen LogP contribution is -2.07. The number of esters is 1. The van der Waals surface area contributed by atoms with E-state index in [2.05, 4.69) is 25.8 Å². The van der Waals surface area contributed by atoms with Crippen LogP contribution in [-0.2, 0) is 4.79 Å². The molecule has 0 aliphatic rings. The van der Waals surface area contributed by atoms with Gasteiger partial charge in [-0.05, 0) is 55.2 Å². The Kier molecular flexibility index (Phi) is 13.3. The molecule has 2 rings (SSSR count). The molecule has 1 heterocycles. The van der Waals surface area contributed by atoms with Crippen molar-refractivity contribution in [2.24, 2.45) is 5.92 Å². The molecule has 182 valence electrons. The molecule has 0 amide bonds. The first-order chi connectivity index (χ1) is 16.1. The summed E-state index contributed by atoms with van der Waals surface area (Å²) in [7, 11) is 0. The Hall–Kier alpha value is -2.36. The minimum atomic E-state index is -0.160. The van der Waals surface area contributed by atoms with Crippen LogP contribution in [0.2, 0.25) is 0 Å². The summed E-state index contributed by atoms with van der Waals surface area (Å²) in [5.74, 6) is 1.96. The summed E-state index contributed by atoms with van der Waals surface area (Å²) in [4.78, 5) is 16.6. The zero-order valence-electron chi connectivity index (χ0n) is 21.0. The Bertz CT molecular complexity index is 770. The maximum absolute atomic E-state index is 12.1. The Morgan fingerprint density at radius 2 is 1.55 bits per heavy atom. The van der Waals surface area contributed by atoms with Gasteiger partial charge >= 0.3 is 5.97 Å². The number of aromatic nitrogens is 1. The highest BCUT2D eigenvalue weighted by atomic mass is 16.5. The molecule has 0 saturated carbocycles. The minimum Gasteiger partial charge on any atom is -0.492 e. The highest BCUT2D eigenvalue weighted by molar-refractivity contribution is 5.72. The first-order valence-corrected chi connectivity index (χ1v) is 13.0. The highest BCUT2D eigenvalue weighted by Crippen LogP contribution is 2.23. The van der Waals surface area contributed by atoms with Crippen molar-refractivity contribution < 1.29 is 14.3 Å². The van der Waals surface area contributed by atoms with Crippen molar-refractivity contribution in [2.75, 3.05) is 6.61 Å². The molecule has 0 N–H and O–H groups in total. The van der Waals surface area contributed by atoms with Crippen LogP contribution in [0.4, 0.5) is 0 Å². The molecule has 0 saturated heterocycles. The van der Waals surface area contributed by atoms with Crippen molar-refractivity contribution in [2.45, 2.75) is 97.8 Å². The lowest BCUT2D eigenvalue weighted by Gasteiger charge is -2.09. The van der Waals surface area contributed by atoms with Gasteiger partial charge in [0.1, 0.15) is 11.5 Å². The number of hydrogen-bond acceptors (Lipinski definition) is 4. The number of pyridine rings is 1. The van der Waals surface area contributed by atoms with E-state index in [0.717, 1.165) is 48.8 Å². The number of rotatable bonds is 17. The van der Waals surface area contributed by atoms with Crippen LogP contribution in [0.15, 0.2) is 42.6 Å². The summed E-state index contributed by atoms with van der Waals surface area (Å²) in [6, 6.07) is 11.5. The second-order valence-electron chi connectivity index (χ2n) is 9.11. The predicted octanol–water partition coefficient (Wildman–Crippen LogP) is 8.39. The van der Waals surface area contributed by atoms with Gasteiger partial charge in [0.25, 0.3) is 0 Å². The number of nitrogens with zero attached hydrogens (tertiary/aromatic N) is 1. The van der Waals surface area contributed by atoms with Crippen molar-refractivity contribution in [1.82, 2.24) is 4.98 Å². The molecule has 1 unspecified atom stereocenters. The monoisotopic (exact) mass is 453 g/mol.